The Balaban J connectivity index is 2.33. The number of carbonyl (C=O) groups is 1. The van der Waals surface area contributed by atoms with E-state index >= 15 is 0 Å². The van der Waals surface area contributed by atoms with Crippen molar-refractivity contribution in [2.24, 2.45) is 0 Å². The molecule has 1 N–H and O–H groups in total. The lowest BCUT2D eigenvalue weighted by Gasteiger charge is -2.27. The van der Waals surface area contributed by atoms with E-state index in [1.165, 1.54) is 12.5 Å². The van der Waals surface area contributed by atoms with Gasteiger partial charge in [0.2, 0.25) is 5.91 Å². The Bertz CT molecular complexity index is 656. The zero-order valence-electron chi connectivity index (χ0n) is 14.7. The molecule has 4 nitrogen and oxygen atoms in total. The first kappa shape index (κ1) is 17.9. The van der Waals surface area contributed by atoms with Crippen LogP contribution < -0.4 is 15.0 Å². The molecule has 0 saturated heterocycles. The number of nitrogens with zero attached hydrogens (tertiary/aromatic N) is 1. The number of methoxy groups -OCH3 is 1. The minimum atomic E-state index is -0.0747. The van der Waals surface area contributed by atoms with Gasteiger partial charge in [-0.1, -0.05) is 43.7 Å². The number of benzene rings is 2. The largest absolute Gasteiger partial charge is 0.495 e. The van der Waals surface area contributed by atoms with E-state index in [0.717, 1.165) is 43.1 Å². The fourth-order valence-electron chi connectivity index (χ4n) is 2.66. The highest BCUT2D eigenvalue weighted by Gasteiger charge is 2.14. The molecule has 2 aromatic rings. The van der Waals surface area contributed by atoms with Crippen LogP contribution in [0.2, 0.25) is 0 Å². The molecular weight excluding hydrogens is 300 g/mol. The van der Waals surface area contributed by atoms with Crippen molar-refractivity contribution < 1.29 is 9.53 Å². The highest BCUT2D eigenvalue weighted by molar-refractivity contribution is 5.89. The Morgan fingerprint density at radius 1 is 1.17 bits per heavy atom. The van der Waals surface area contributed by atoms with Crippen molar-refractivity contribution in [2.75, 3.05) is 23.9 Å². The van der Waals surface area contributed by atoms with Crippen molar-refractivity contribution in [3.05, 3.63) is 54.1 Å². The molecule has 0 atom stereocenters. The highest BCUT2D eigenvalue weighted by atomic mass is 16.5. The number of unbranched alkanes of at least 4 members (excludes halogenated alkanes) is 1. The summed E-state index contributed by atoms with van der Waals surface area (Å²) in [5.41, 5.74) is 3.04. The van der Waals surface area contributed by atoms with Gasteiger partial charge in [-0.05, 0) is 30.2 Å². The molecule has 24 heavy (non-hydrogen) atoms. The van der Waals surface area contributed by atoms with Crippen LogP contribution in [0, 0.1) is 0 Å². The number of carbonyl (C=O) groups excluding carboxylic acids is 1. The zero-order chi connectivity index (χ0) is 17.4. The molecule has 0 aliphatic heterocycles. The van der Waals surface area contributed by atoms with Crippen molar-refractivity contribution in [2.45, 2.75) is 33.2 Å². The van der Waals surface area contributed by atoms with E-state index in [4.69, 9.17) is 4.74 Å². The third-order valence-electron chi connectivity index (χ3n) is 3.84. The quantitative estimate of drug-likeness (QED) is 0.778. The number of anilines is 2. The van der Waals surface area contributed by atoms with E-state index in [2.05, 4.69) is 41.4 Å². The maximum absolute atomic E-state index is 11.4. The Morgan fingerprint density at radius 2 is 1.92 bits per heavy atom. The number of amides is 1. The van der Waals surface area contributed by atoms with E-state index in [9.17, 15) is 4.79 Å². The van der Waals surface area contributed by atoms with Crippen LogP contribution in [0.25, 0.3) is 0 Å². The Kier molecular flexibility index (Phi) is 6.67. The summed E-state index contributed by atoms with van der Waals surface area (Å²) in [7, 11) is 1.68. The zero-order valence-corrected chi connectivity index (χ0v) is 14.7. The molecule has 0 aliphatic rings. The molecule has 0 unspecified atom stereocenters. The lowest BCUT2D eigenvalue weighted by atomic mass is 10.1. The maximum Gasteiger partial charge on any atom is 0.221 e. The SMILES string of the molecule is CCCCN(Cc1ccccc1)c1cc(NC(C)=O)ccc1OC. The smallest absolute Gasteiger partial charge is 0.221 e. The van der Waals surface area contributed by atoms with Gasteiger partial charge < -0.3 is 15.0 Å². The van der Waals surface area contributed by atoms with Crippen molar-refractivity contribution in [3.63, 3.8) is 0 Å². The van der Waals surface area contributed by atoms with E-state index in [-0.39, 0.29) is 5.91 Å². The standard InChI is InChI=1S/C20H26N2O2/c1-4-5-13-22(15-17-9-7-6-8-10-17)19-14-18(21-16(2)23)11-12-20(19)24-3/h6-12,14H,4-5,13,15H2,1-3H3,(H,21,23). The summed E-state index contributed by atoms with van der Waals surface area (Å²) >= 11 is 0. The van der Waals surface area contributed by atoms with Crippen LogP contribution in [-0.4, -0.2) is 19.6 Å². The van der Waals surface area contributed by atoms with Gasteiger partial charge in [0.1, 0.15) is 5.75 Å². The second-order valence-corrected chi connectivity index (χ2v) is 5.83. The summed E-state index contributed by atoms with van der Waals surface area (Å²) in [5, 5.41) is 2.85. The third-order valence-corrected chi connectivity index (χ3v) is 3.84. The highest BCUT2D eigenvalue weighted by Crippen LogP contribution is 2.32. The third kappa shape index (κ3) is 5.01. The molecule has 0 aliphatic carbocycles. The minimum Gasteiger partial charge on any atom is -0.495 e. The summed E-state index contributed by atoms with van der Waals surface area (Å²) in [6, 6.07) is 16.1. The average molecular weight is 326 g/mol. The van der Waals surface area contributed by atoms with Crippen LogP contribution in [0.1, 0.15) is 32.3 Å². The minimum absolute atomic E-state index is 0.0747. The number of hydrogen-bond acceptors (Lipinski definition) is 3. The van der Waals surface area contributed by atoms with Gasteiger partial charge in [0.15, 0.2) is 0 Å². The second kappa shape index (κ2) is 8.96. The van der Waals surface area contributed by atoms with Crippen LogP contribution in [-0.2, 0) is 11.3 Å². The van der Waals surface area contributed by atoms with Gasteiger partial charge in [-0.15, -0.1) is 0 Å². The molecule has 128 valence electrons. The first-order valence-electron chi connectivity index (χ1n) is 8.38. The lowest BCUT2D eigenvalue weighted by molar-refractivity contribution is -0.114. The first-order chi connectivity index (χ1) is 11.6. The number of rotatable bonds is 8. The van der Waals surface area contributed by atoms with Crippen LogP contribution in [0.4, 0.5) is 11.4 Å². The monoisotopic (exact) mass is 326 g/mol. The molecule has 0 spiro atoms. The molecule has 1 amide bonds. The van der Waals surface area contributed by atoms with Crippen molar-refractivity contribution in [1.82, 2.24) is 0 Å². The van der Waals surface area contributed by atoms with Crippen LogP contribution in [0.15, 0.2) is 48.5 Å². The molecule has 4 heteroatoms. The van der Waals surface area contributed by atoms with Crippen LogP contribution in [0.5, 0.6) is 5.75 Å². The van der Waals surface area contributed by atoms with E-state index in [0.29, 0.717) is 0 Å². The van der Waals surface area contributed by atoms with Crippen LogP contribution >= 0.6 is 0 Å². The van der Waals surface area contributed by atoms with Gasteiger partial charge in [-0.2, -0.15) is 0 Å². The molecule has 2 aromatic carbocycles. The van der Waals surface area contributed by atoms with Gasteiger partial charge in [0, 0.05) is 25.7 Å². The normalized spacial score (nSPS) is 10.3. The molecule has 0 heterocycles. The Labute approximate surface area is 144 Å². The van der Waals surface area contributed by atoms with Gasteiger partial charge in [0.25, 0.3) is 0 Å². The molecular formula is C20H26N2O2. The maximum atomic E-state index is 11.4. The lowest BCUT2D eigenvalue weighted by Crippen LogP contribution is -2.24. The fraction of sp³-hybridized carbons (Fsp3) is 0.350. The average Bonchev–Trinajstić information content (AvgIpc) is 2.59. The van der Waals surface area contributed by atoms with E-state index in [1.807, 2.05) is 24.3 Å². The molecule has 2 rings (SSSR count). The van der Waals surface area contributed by atoms with Gasteiger partial charge >= 0.3 is 0 Å². The molecule has 0 aromatic heterocycles. The Morgan fingerprint density at radius 3 is 2.54 bits per heavy atom. The first-order valence-corrected chi connectivity index (χ1v) is 8.38. The number of nitrogens with one attached hydrogen (secondary N) is 1. The summed E-state index contributed by atoms with van der Waals surface area (Å²) in [5.74, 6) is 0.741. The summed E-state index contributed by atoms with van der Waals surface area (Å²) in [6.07, 6.45) is 2.22. The predicted molar refractivity (Wildman–Crippen MR) is 99.7 cm³/mol. The summed E-state index contributed by atoms with van der Waals surface area (Å²) in [4.78, 5) is 13.7. The number of hydrogen-bond donors (Lipinski definition) is 1. The molecule has 0 bridgehead atoms. The van der Waals surface area contributed by atoms with Gasteiger partial charge in [-0.3, -0.25) is 4.79 Å². The fourth-order valence-corrected chi connectivity index (χ4v) is 2.66. The van der Waals surface area contributed by atoms with Crippen molar-refractivity contribution >= 4 is 17.3 Å². The molecule has 0 radical (unpaired) electrons. The van der Waals surface area contributed by atoms with E-state index < -0.39 is 0 Å². The molecule has 0 fully saturated rings. The number of ether oxygens (including phenoxy) is 1. The predicted octanol–water partition coefficient (Wildman–Crippen LogP) is 4.46. The molecule has 0 saturated carbocycles. The summed E-state index contributed by atoms with van der Waals surface area (Å²) in [6.45, 7) is 5.44. The van der Waals surface area contributed by atoms with E-state index in [1.54, 1.807) is 7.11 Å². The van der Waals surface area contributed by atoms with Gasteiger partial charge in [-0.25, -0.2) is 0 Å². The van der Waals surface area contributed by atoms with Crippen LogP contribution in [0.3, 0.4) is 0 Å². The van der Waals surface area contributed by atoms with Gasteiger partial charge in [0.05, 0.1) is 12.8 Å². The van der Waals surface area contributed by atoms with Crippen molar-refractivity contribution in [3.8, 4) is 5.75 Å². The van der Waals surface area contributed by atoms with Crippen molar-refractivity contribution in [1.29, 1.82) is 0 Å². The topological polar surface area (TPSA) is 41.6 Å². The second-order valence-electron chi connectivity index (χ2n) is 5.83. The Hall–Kier alpha value is -2.49. The summed E-state index contributed by atoms with van der Waals surface area (Å²) < 4.78 is 5.55.